The van der Waals surface area contributed by atoms with E-state index in [1.165, 1.54) is 0 Å². The molecule has 6 heteroatoms. The van der Waals surface area contributed by atoms with Crippen molar-refractivity contribution in [3.8, 4) is 0 Å². The van der Waals surface area contributed by atoms with Crippen LogP contribution in [0.25, 0.3) is 0 Å². The molecule has 0 aliphatic rings. The summed E-state index contributed by atoms with van der Waals surface area (Å²) in [5, 5.41) is 9.17. The quantitative estimate of drug-likeness (QED) is 0.775. The van der Waals surface area contributed by atoms with Crippen LogP contribution in [0.5, 0.6) is 0 Å². The minimum atomic E-state index is -4.48. The molecule has 0 aliphatic heterocycles. The summed E-state index contributed by atoms with van der Waals surface area (Å²) in [4.78, 5) is 11.3. The Labute approximate surface area is 120 Å². The van der Waals surface area contributed by atoms with Crippen molar-refractivity contribution in [1.82, 2.24) is 0 Å². The van der Waals surface area contributed by atoms with E-state index >= 15 is 0 Å². The largest absolute Gasteiger partial charge is 0.478 e. The van der Waals surface area contributed by atoms with E-state index in [4.69, 9.17) is 5.11 Å². The number of carboxylic acids is 1. The van der Waals surface area contributed by atoms with Crippen LogP contribution in [0.15, 0.2) is 17.0 Å². The molecule has 0 radical (unpaired) electrons. The average molecular weight is 306 g/mol. The lowest BCUT2D eigenvalue weighted by molar-refractivity contribution is -0.139. The molecule has 112 valence electrons. The number of hydrogen-bond acceptors (Lipinski definition) is 2. The van der Waals surface area contributed by atoms with Gasteiger partial charge in [-0.3, -0.25) is 0 Å². The molecule has 0 unspecified atom stereocenters. The van der Waals surface area contributed by atoms with Crippen LogP contribution in [-0.4, -0.2) is 16.8 Å². The van der Waals surface area contributed by atoms with E-state index in [-0.39, 0.29) is 21.9 Å². The lowest BCUT2D eigenvalue weighted by Gasteiger charge is -2.20. The minimum absolute atomic E-state index is 0.0494. The first-order chi connectivity index (χ1) is 9.20. The molecule has 0 bridgehead atoms. The predicted molar refractivity (Wildman–Crippen MR) is 73.5 cm³/mol. The van der Waals surface area contributed by atoms with Crippen LogP contribution in [-0.2, 0) is 6.18 Å². The fourth-order valence-electron chi connectivity index (χ4n) is 1.94. The van der Waals surface area contributed by atoms with Gasteiger partial charge in [-0.15, -0.1) is 11.8 Å². The number of carboxylic acid groups (broad SMARTS) is 1. The smallest absolute Gasteiger partial charge is 0.417 e. The summed E-state index contributed by atoms with van der Waals surface area (Å²) in [5.41, 5.74) is -0.526. The second-order valence-electron chi connectivity index (χ2n) is 4.71. The molecular weight excluding hydrogens is 289 g/mol. The first kappa shape index (κ1) is 16.9. The molecule has 0 aromatic heterocycles. The molecule has 1 aromatic carbocycles. The molecule has 1 N–H and O–H groups in total. The number of rotatable bonds is 5. The zero-order valence-electron chi connectivity index (χ0n) is 11.5. The zero-order chi connectivity index (χ0) is 15.5. The number of carbonyl (C=O) groups is 1. The second kappa shape index (κ2) is 6.52. The van der Waals surface area contributed by atoms with Crippen LogP contribution in [0, 0.1) is 0 Å². The van der Waals surface area contributed by atoms with E-state index in [0.717, 1.165) is 30.3 Å². The summed E-state index contributed by atoms with van der Waals surface area (Å²) in [6, 6.07) is 1.92. The normalized spacial score (nSPS) is 11.9. The maximum atomic E-state index is 13.1. The van der Waals surface area contributed by atoms with Gasteiger partial charge in [-0.1, -0.05) is 20.8 Å². The van der Waals surface area contributed by atoms with Crippen molar-refractivity contribution >= 4 is 17.7 Å². The maximum Gasteiger partial charge on any atom is 0.417 e. The van der Waals surface area contributed by atoms with E-state index in [9.17, 15) is 18.0 Å². The molecular formula is C14H17F3O2S. The second-order valence-corrected chi connectivity index (χ2v) is 5.81. The van der Waals surface area contributed by atoms with E-state index in [0.29, 0.717) is 5.75 Å². The van der Waals surface area contributed by atoms with Gasteiger partial charge in [0.2, 0.25) is 0 Å². The molecule has 0 saturated carbocycles. The van der Waals surface area contributed by atoms with Crippen molar-refractivity contribution in [2.24, 2.45) is 0 Å². The Morgan fingerprint density at radius 2 is 1.95 bits per heavy atom. The van der Waals surface area contributed by atoms with Gasteiger partial charge in [0, 0.05) is 4.90 Å². The third kappa shape index (κ3) is 3.69. The van der Waals surface area contributed by atoms with Crippen LogP contribution in [0.2, 0.25) is 0 Å². The molecule has 0 saturated heterocycles. The number of halogens is 3. The molecule has 0 fully saturated rings. The first-order valence-corrected chi connectivity index (χ1v) is 7.28. The van der Waals surface area contributed by atoms with E-state index in [1.54, 1.807) is 13.8 Å². The highest BCUT2D eigenvalue weighted by atomic mass is 32.2. The minimum Gasteiger partial charge on any atom is -0.478 e. The molecule has 1 rings (SSSR count). The van der Waals surface area contributed by atoms with Crippen molar-refractivity contribution in [3.05, 3.63) is 28.8 Å². The van der Waals surface area contributed by atoms with Gasteiger partial charge < -0.3 is 5.11 Å². The van der Waals surface area contributed by atoms with Gasteiger partial charge in [-0.2, -0.15) is 13.2 Å². The van der Waals surface area contributed by atoms with Gasteiger partial charge in [0.15, 0.2) is 0 Å². The molecule has 0 atom stereocenters. The van der Waals surface area contributed by atoms with Gasteiger partial charge in [-0.05, 0) is 35.8 Å². The standard InChI is InChI=1S/C14H17F3O2S/c1-4-7-20-12-10(14(15,16)17)6-5-9(13(18)19)11(12)8(2)3/h5-6,8H,4,7H2,1-3H3,(H,18,19). The molecule has 0 spiro atoms. The van der Waals surface area contributed by atoms with Gasteiger partial charge in [0.05, 0.1) is 11.1 Å². The zero-order valence-corrected chi connectivity index (χ0v) is 12.4. The molecule has 20 heavy (non-hydrogen) atoms. The highest BCUT2D eigenvalue weighted by Crippen LogP contribution is 2.42. The lowest BCUT2D eigenvalue weighted by Crippen LogP contribution is -2.13. The molecule has 1 aromatic rings. The highest BCUT2D eigenvalue weighted by molar-refractivity contribution is 7.99. The van der Waals surface area contributed by atoms with E-state index < -0.39 is 17.7 Å². The lowest BCUT2D eigenvalue weighted by atomic mass is 9.94. The Balaban J connectivity index is 3.57. The SMILES string of the molecule is CCCSc1c(C(F)(F)F)ccc(C(=O)O)c1C(C)C. The Bertz CT molecular complexity index is 496. The average Bonchev–Trinajstić information content (AvgIpc) is 2.33. The summed E-state index contributed by atoms with van der Waals surface area (Å²) < 4.78 is 39.3. The number of benzene rings is 1. The van der Waals surface area contributed by atoms with Crippen molar-refractivity contribution in [3.63, 3.8) is 0 Å². The number of aromatic carboxylic acids is 1. The number of hydrogen-bond donors (Lipinski definition) is 1. The predicted octanol–water partition coefficient (Wildman–Crippen LogP) is 5.03. The Kier molecular flexibility index (Phi) is 5.50. The summed E-state index contributed by atoms with van der Waals surface area (Å²) >= 11 is 1.08. The summed E-state index contributed by atoms with van der Waals surface area (Å²) in [6.45, 7) is 5.28. The van der Waals surface area contributed by atoms with Gasteiger partial charge in [0.25, 0.3) is 0 Å². The van der Waals surface area contributed by atoms with Crippen LogP contribution < -0.4 is 0 Å². The molecule has 2 nitrogen and oxygen atoms in total. The number of alkyl halides is 3. The Hall–Kier alpha value is -1.17. The van der Waals surface area contributed by atoms with Gasteiger partial charge in [-0.25, -0.2) is 4.79 Å². The monoisotopic (exact) mass is 306 g/mol. The highest BCUT2D eigenvalue weighted by Gasteiger charge is 2.36. The molecule has 0 amide bonds. The Morgan fingerprint density at radius 3 is 2.35 bits per heavy atom. The third-order valence-electron chi connectivity index (χ3n) is 2.76. The van der Waals surface area contributed by atoms with Crippen molar-refractivity contribution in [1.29, 1.82) is 0 Å². The molecule has 0 aliphatic carbocycles. The van der Waals surface area contributed by atoms with Gasteiger partial charge in [0.1, 0.15) is 0 Å². The summed E-state index contributed by atoms with van der Waals surface area (Å²) in [7, 11) is 0. The van der Waals surface area contributed by atoms with Crippen LogP contribution in [0.1, 0.15) is 54.6 Å². The van der Waals surface area contributed by atoms with Crippen LogP contribution in [0.3, 0.4) is 0 Å². The Morgan fingerprint density at radius 1 is 1.35 bits per heavy atom. The fourth-order valence-corrected chi connectivity index (χ4v) is 3.19. The van der Waals surface area contributed by atoms with Gasteiger partial charge >= 0.3 is 12.1 Å². The van der Waals surface area contributed by atoms with Crippen LogP contribution >= 0.6 is 11.8 Å². The van der Waals surface area contributed by atoms with Crippen molar-refractivity contribution in [2.75, 3.05) is 5.75 Å². The topological polar surface area (TPSA) is 37.3 Å². The summed E-state index contributed by atoms with van der Waals surface area (Å²) in [6.07, 6.45) is -3.76. The summed E-state index contributed by atoms with van der Waals surface area (Å²) in [5.74, 6) is -0.963. The fraction of sp³-hybridized carbons (Fsp3) is 0.500. The van der Waals surface area contributed by atoms with E-state index in [1.807, 2.05) is 6.92 Å². The number of thioether (sulfide) groups is 1. The van der Waals surface area contributed by atoms with Crippen LogP contribution in [0.4, 0.5) is 13.2 Å². The van der Waals surface area contributed by atoms with E-state index in [2.05, 4.69) is 0 Å². The first-order valence-electron chi connectivity index (χ1n) is 6.30. The maximum absolute atomic E-state index is 13.1. The van der Waals surface area contributed by atoms with Crippen molar-refractivity contribution < 1.29 is 23.1 Å². The third-order valence-corrected chi connectivity index (χ3v) is 4.10. The molecule has 0 heterocycles. The van der Waals surface area contributed by atoms with Crippen molar-refractivity contribution in [2.45, 2.75) is 44.2 Å².